The van der Waals surface area contributed by atoms with Crippen molar-refractivity contribution in [2.45, 2.75) is 53.1 Å². The third-order valence-corrected chi connectivity index (χ3v) is 4.11. The first-order valence-electron chi connectivity index (χ1n) is 7.68. The van der Waals surface area contributed by atoms with Crippen LogP contribution in [0.15, 0.2) is 18.2 Å². The summed E-state index contributed by atoms with van der Waals surface area (Å²) >= 11 is 0. The molecule has 0 saturated carbocycles. The summed E-state index contributed by atoms with van der Waals surface area (Å²) in [4.78, 5) is 2.57. The van der Waals surface area contributed by atoms with Gasteiger partial charge in [-0.3, -0.25) is 0 Å². The van der Waals surface area contributed by atoms with Crippen LogP contribution in [0, 0.1) is 12.8 Å². The number of nitrogens with one attached hydrogen (secondary N) is 1. The summed E-state index contributed by atoms with van der Waals surface area (Å²) in [7, 11) is 0. The van der Waals surface area contributed by atoms with Crippen molar-refractivity contribution in [2.24, 2.45) is 5.92 Å². The zero-order chi connectivity index (χ0) is 13.8. The Bertz CT molecular complexity index is 414. The van der Waals surface area contributed by atoms with Gasteiger partial charge in [0.1, 0.15) is 0 Å². The maximum absolute atomic E-state index is 3.47. The molecule has 2 nitrogen and oxygen atoms in total. The van der Waals surface area contributed by atoms with Crippen molar-refractivity contribution in [1.29, 1.82) is 0 Å². The van der Waals surface area contributed by atoms with E-state index in [2.05, 4.69) is 56.1 Å². The van der Waals surface area contributed by atoms with Crippen molar-refractivity contribution < 1.29 is 0 Å². The van der Waals surface area contributed by atoms with E-state index in [1.165, 1.54) is 36.2 Å². The molecule has 0 bridgehead atoms. The molecule has 1 aromatic carbocycles. The molecule has 19 heavy (non-hydrogen) atoms. The Kier molecular flexibility index (Phi) is 4.87. The highest BCUT2D eigenvalue weighted by Crippen LogP contribution is 2.31. The van der Waals surface area contributed by atoms with Crippen LogP contribution in [0.5, 0.6) is 0 Å². The lowest BCUT2D eigenvalue weighted by Gasteiger charge is -2.26. The summed E-state index contributed by atoms with van der Waals surface area (Å²) in [6.45, 7) is 12.4. The van der Waals surface area contributed by atoms with Crippen molar-refractivity contribution in [3.63, 3.8) is 0 Å². The van der Waals surface area contributed by atoms with E-state index >= 15 is 0 Å². The van der Waals surface area contributed by atoms with Gasteiger partial charge in [0.25, 0.3) is 0 Å². The summed E-state index contributed by atoms with van der Waals surface area (Å²) in [5, 5.41) is 3.47. The molecule has 106 valence electrons. The zero-order valence-electron chi connectivity index (χ0n) is 12.9. The van der Waals surface area contributed by atoms with E-state index in [0.29, 0.717) is 6.04 Å². The van der Waals surface area contributed by atoms with Gasteiger partial charge in [-0.2, -0.15) is 0 Å². The molecule has 0 aromatic heterocycles. The standard InChI is InChI=1S/C17H28N2/c1-5-8-18-11-16-6-7-17(14(3)10-16)19-12-13(2)9-15(19)4/h6-7,10,13,15,18H,5,8-9,11-12H2,1-4H3. The van der Waals surface area contributed by atoms with E-state index < -0.39 is 0 Å². The van der Waals surface area contributed by atoms with Crippen molar-refractivity contribution >= 4 is 5.69 Å². The molecule has 1 heterocycles. The van der Waals surface area contributed by atoms with E-state index in [1.54, 1.807) is 0 Å². The molecule has 2 heteroatoms. The predicted octanol–water partition coefficient (Wildman–Crippen LogP) is 3.73. The largest absolute Gasteiger partial charge is 0.368 e. The SMILES string of the molecule is CCCNCc1ccc(N2CC(C)CC2C)c(C)c1. The molecule has 1 saturated heterocycles. The van der Waals surface area contributed by atoms with Crippen LogP contribution >= 0.6 is 0 Å². The van der Waals surface area contributed by atoms with Gasteiger partial charge in [0.2, 0.25) is 0 Å². The average Bonchev–Trinajstić information content (AvgIpc) is 2.69. The average molecular weight is 260 g/mol. The van der Waals surface area contributed by atoms with Gasteiger partial charge >= 0.3 is 0 Å². The van der Waals surface area contributed by atoms with Crippen LogP contribution in [0.1, 0.15) is 44.7 Å². The lowest BCUT2D eigenvalue weighted by Crippen LogP contribution is -2.27. The zero-order valence-corrected chi connectivity index (χ0v) is 12.9. The summed E-state index contributed by atoms with van der Waals surface area (Å²) in [6, 6.07) is 7.61. The maximum atomic E-state index is 3.47. The molecule has 0 radical (unpaired) electrons. The molecule has 0 aliphatic carbocycles. The number of aryl methyl sites for hydroxylation is 1. The molecule has 1 aromatic rings. The molecule has 2 rings (SSSR count). The maximum Gasteiger partial charge on any atom is 0.0398 e. The van der Waals surface area contributed by atoms with Gasteiger partial charge in [0.15, 0.2) is 0 Å². The van der Waals surface area contributed by atoms with Gasteiger partial charge in [-0.25, -0.2) is 0 Å². The fraction of sp³-hybridized carbons (Fsp3) is 0.647. The quantitative estimate of drug-likeness (QED) is 0.812. The molecular weight excluding hydrogens is 232 g/mol. The van der Waals surface area contributed by atoms with Crippen molar-refractivity contribution in [1.82, 2.24) is 5.32 Å². The fourth-order valence-electron chi connectivity index (χ4n) is 3.19. The minimum Gasteiger partial charge on any atom is -0.368 e. The van der Waals surface area contributed by atoms with Gasteiger partial charge < -0.3 is 10.2 Å². The summed E-state index contributed by atoms with van der Waals surface area (Å²) in [5.41, 5.74) is 4.24. The Balaban J connectivity index is 2.06. The van der Waals surface area contributed by atoms with Crippen LogP contribution in [0.25, 0.3) is 0 Å². The molecule has 0 amide bonds. The fourth-order valence-corrected chi connectivity index (χ4v) is 3.19. The Morgan fingerprint density at radius 3 is 2.68 bits per heavy atom. The second kappa shape index (κ2) is 6.42. The van der Waals surface area contributed by atoms with E-state index in [4.69, 9.17) is 0 Å². The van der Waals surface area contributed by atoms with Crippen LogP contribution in [0.2, 0.25) is 0 Å². The van der Waals surface area contributed by atoms with Gasteiger partial charge in [-0.15, -0.1) is 0 Å². The van der Waals surface area contributed by atoms with Crippen LogP contribution in [0.3, 0.4) is 0 Å². The van der Waals surface area contributed by atoms with Crippen molar-refractivity contribution in [3.05, 3.63) is 29.3 Å². The number of hydrogen-bond acceptors (Lipinski definition) is 2. The van der Waals surface area contributed by atoms with Gasteiger partial charge in [-0.05, 0) is 56.3 Å². The molecule has 1 aliphatic heterocycles. The molecule has 2 unspecified atom stereocenters. The summed E-state index contributed by atoms with van der Waals surface area (Å²) < 4.78 is 0. The number of hydrogen-bond donors (Lipinski definition) is 1. The lowest BCUT2D eigenvalue weighted by molar-refractivity contribution is 0.625. The molecule has 2 atom stereocenters. The lowest BCUT2D eigenvalue weighted by atomic mass is 10.1. The second-order valence-corrected chi connectivity index (χ2v) is 6.14. The van der Waals surface area contributed by atoms with E-state index in [-0.39, 0.29) is 0 Å². The molecule has 1 fully saturated rings. The molecule has 1 aliphatic rings. The number of anilines is 1. The first kappa shape index (κ1) is 14.4. The highest BCUT2D eigenvalue weighted by atomic mass is 15.2. The number of rotatable bonds is 5. The normalized spacial score (nSPS) is 23.1. The van der Waals surface area contributed by atoms with Crippen LogP contribution < -0.4 is 10.2 Å². The molecule has 0 spiro atoms. The Morgan fingerprint density at radius 2 is 2.11 bits per heavy atom. The molecular formula is C17H28N2. The number of nitrogens with zero attached hydrogens (tertiary/aromatic N) is 1. The van der Waals surface area contributed by atoms with Gasteiger partial charge in [-0.1, -0.05) is 26.0 Å². The first-order valence-corrected chi connectivity index (χ1v) is 7.68. The van der Waals surface area contributed by atoms with Crippen molar-refractivity contribution in [3.8, 4) is 0 Å². The Labute approximate surface area is 118 Å². The minimum atomic E-state index is 0.678. The first-order chi connectivity index (χ1) is 9.11. The third-order valence-electron chi connectivity index (χ3n) is 4.11. The number of benzene rings is 1. The highest BCUT2D eigenvalue weighted by molar-refractivity contribution is 5.56. The van der Waals surface area contributed by atoms with Crippen LogP contribution in [0.4, 0.5) is 5.69 Å². The topological polar surface area (TPSA) is 15.3 Å². The summed E-state index contributed by atoms with van der Waals surface area (Å²) in [6.07, 6.45) is 2.51. The van der Waals surface area contributed by atoms with Crippen LogP contribution in [-0.2, 0) is 6.54 Å². The predicted molar refractivity (Wildman–Crippen MR) is 83.8 cm³/mol. The van der Waals surface area contributed by atoms with Crippen molar-refractivity contribution in [2.75, 3.05) is 18.0 Å². The van der Waals surface area contributed by atoms with Crippen LogP contribution in [-0.4, -0.2) is 19.1 Å². The monoisotopic (exact) mass is 260 g/mol. The third kappa shape index (κ3) is 3.50. The van der Waals surface area contributed by atoms with E-state index in [1.807, 2.05) is 0 Å². The molecule has 1 N–H and O–H groups in total. The second-order valence-electron chi connectivity index (χ2n) is 6.14. The van der Waals surface area contributed by atoms with E-state index in [9.17, 15) is 0 Å². The summed E-state index contributed by atoms with van der Waals surface area (Å²) in [5.74, 6) is 0.820. The van der Waals surface area contributed by atoms with Gasteiger partial charge in [0, 0.05) is 24.8 Å². The Hall–Kier alpha value is -1.02. The Morgan fingerprint density at radius 1 is 1.32 bits per heavy atom. The highest BCUT2D eigenvalue weighted by Gasteiger charge is 2.26. The minimum absolute atomic E-state index is 0.678. The smallest absolute Gasteiger partial charge is 0.0398 e. The van der Waals surface area contributed by atoms with E-state index in [0.717, 1.165) is 19.0 Å². The van der Waals surface area contributed by atoms with Gasteiger partial charge in [0.05, 0.1) is 0 Å².